The second-order valence-corrected chi connectivity index (χ2v) is 6.35. The van der Waals surface area contributed by atoms with Gasteiger partial charge in [-0.15, -0.1) is 0 Å². The number of nitrogens with zero attached hydrogens (tertiary/aromatic N) is 2. The fourth-order valence-corrected chi connectivity index (χ4v) is 3.00. The molecule has 18 heavy (non-hydrogen) atoms. The summed E-state index contributed by atoms with van der Waals surface area (Å²) in [6.07, 6.45) is 1.23. The maximum Gasteiger partial charge on any atom is 0.248 e. The van der Waals surface area contributed by atoms with Crippen LogP contribution >= 0.6 is 11.8 Å². The van der Waals surface area contributed by atoms with Gasteiger partial charge in [0.2, 0.25) is 5.91 Å². The topological polar surface area (TPSA) is 43.8 Å². The first-order chi connectivity index (χ1) is 8.63. The van der Waals surface area contributed by atoms with E-state index in [9.17, 15) is 4.79 Å². The fraction of sp³-hybridized carbons (Fsp3) is 0.923. The molecule has 5 heteroatoms. The first kappa shape index (κ1) is 15.8. The molecule has 0 radical (unpaired) electrons. The molecule has 0 aromatic rings. The molecule has 0 saturated carbocycles. The number of hydrogen-bond donors (Lipinski definition) is 1. The zero-order valence-corrected chi connectivity index (χ0v) is 12.4. The highest BCUT2D eigenvalue weighted by atomic mass is 32.2. The van der Waals surface area contributed by atoms with Crippen LogP contribution in [0, 0.1) is 5.92 Å². The Bertz CT molecular complexity index is 241. The Balaban J connectivity index is 2.04. The summed E-state index contributed by atoms with van der Waals surface area (Å²) in [6, 6.07) is 0. The summed E-state index contributed by atoms with van der Waals surface area (Å²) in [7, 11) is 0. The normalized spacial score (nSPS) is 17.4. The van der Waals surface area contributed by atoms with Gasteiger partial charge in [0.1, 0.15) is 6.61 Å². The average Bonchev–Trinajstić information content (AvgIpc) is 2.38. The van der Waals surface area contributed by atoms with Crippen molar-refractivity contribution in [1.82, 2.24) is 9.80 Å². The van der Waals surface area contributed by atoms with Crippen molar-refractivity contribution in [3.63, 3.8) is 0 Å². The monoisotopic (exact) mass is 274 g/mol. The van der Waals surface area contributed by atoms with E-state index in [1.807, 2.05) is 11.8 Å². The van der Waals surface area contributed by atoms with Crippen LogP contribution in [0.4, 0.5) is 0 Å². The first-order valence-corrected chi connectivity index (χ1v) is 7.97. The summed E-state index contributed by atoms with van der Waals surface area (Å²) < 4.78 is 0. The molecular weight excluding hydrogens is 248 g/mol. The largest absolute Gasteiger partial charge is 0.387 e. The number of amides is 1. The number of rotatable bonds is 7. The van der Waals surface area contributed by atoms with E-state index in [4.69, 9.17) is 5.11 Å². The van der Waals surface area contributed by atoms with Gasteiger partial charge in [-0.2, -0.15) is 11.8 Å². The SMILES string of the molecule is CC(C)CSCCCN1CCN(C(=O)CO)CC1. The van der Waals surface area contributed by atoms with E-state index in [2.05, 4.69) is 18.7 Å². The number of piperazine rings is 1. The van der Waals surface area contributed by atoms with Crippen molar-refractivity contribution >= 4 is 17.7 Å². The van der Waals surface area contributed by atoms with Crippen LogP contribution in [-0.4, -0.2) is 71.6 Å². The Hall–Kier alpha value is -0.260. The fourth-order valence-electron chi connectivity index (χ4n) is 2.03. The second-order valence-electron chi connectivity index (χ2n) is 5.20. The second kappa shape index (κ2) is 8.77. The number of aliphatic hydroxyl groups excluding tert-OH is 1. The first-order valence-electron chi connectivity index (χ1n) is 6.82. The molecular formula is C13H26N2O2S. The van der Waals surface area contributed by atoms with E-state index in [0.717, 1.165) is 38.6 Å². The predicted molar refractivity (Wildman–Crippen MR) is 76.9 cm³/mol. The van der Waals surface area contributed by atoms with E-state index in [1.165, 1.54) is 17.9 Å². The maximum absolute atomic E-state index is 11.3. The van der Waals surface area contributed by atoms with Crippen molar-refractivity contribution in [2.24, 2.45) is 5.92 Å². The summed E-state index contributed by atoms with van der Waals surface area (Å²) in [5.41, 5.74) is 0. The van der Waals surface area contributed by atoms with Crippen molar-refractivity contribution < 1.29 is 9.90 Å². The highest BCUT2D eigenvalue weighted by Gasteiger charge is 2.19. The van der Waals surface area contributed by atoms with Crippen LogP contribution < -0.4 is 0 Å². The molecule has 0 aliphatic carbocycles. The summed E-state index contributed by atoms with van der Waals surface area (Å²) >= 11 is 2.03. The minimum absolute atomic E-state index is 0.137. The lowest BCUT2D eigenvalue weighted by atomic mass is 10.3. The van der Waals surface area contributed by atoms with Crippen LogP contribution in [0.3, 0.4) is 0 Å². The molecule has 1 amide bonds. The molecule has 106 valence electrons. The minimum atomic E-state index is -0.355. The van der Waals surface area contributed by atoms with Gasteiger partial charge in [0.15, 0.2) is 0 Å². The van der Waals surface area contributed by atoms with Gasteiger partial charge < -0.3 is 10.0 Å². The molecule has 1 fully saturated rings. The highest BCUT2D eigenvalue weighted by Crippen LogP contribution is 2.10. The van der Waals surface area contributed by atoms with Gasteiger partial charge in [0.05, 0.1) is 0 Å². The Morgan fingerprint density at radius 2 is 1.94 bits per heavy atom. The van der Waals surface area contributed by atoms with E-state index < -0.39 is 0 Å². The number of hydrogen-bond acceptors (Lipinski definition) is 4. The molecule has 0 spiro atoms. The summed E-state index contributed by atoms with van der Waals surface area (Å²) in [5.74, 6) is 3.12. The Morgan fingerprint density at radius 3 is 2.50 bits per heavy atom. The van der Waals surface area contributed by atoms with E-state index in [-0.39, 0.29) is 12.5 Å². The minimum Gasteiger partial charge on any atom is -0.387 e. The molecule has 1 rings (SSSR count). The van der Waals surface area contributed by atoms with Crippen LogP contribution in [0.1, 0.15) is 20.3 Å². The van der Waals surface area contributed by atoms with Crippen molar-refractivity contribution in [2.45, 2.75) is 20.3 Å². The van der Waals surface area contributed by atoms with Crippen LogP contribution in [-0.2, 0) is 4.79 Å². The third kappa shape index (κ3) is 6.07. The van der Waals surface area contributed by atoms with Crippen LogP contribution in [0.5, 0.6) is 0 Å². The van der Waals surface area contributed by atoms with Gasteiger partial charge in [0, 0.05) is 26.2 Å². The number of carbonyl (C=O) groups is 1. The number of thioether (sulfide) groups is 1. The molecule has 4 nitrogen and oxygen atoms in total. The van der Waals surface area contributed by atoms with Crippen molar-refractivity contribution in [3.8, 4) is 0 Å². The molecule has 0 unspecified atom stereocenters. The molecule has 0 atom stereocenters. The van der Waals surface area contributed by atoms with E-state index in [1.54, 1.807) is 4.90 Å². The lowest BCUT2D eigenvalue weighted by Gasteiger charge is -2.34. The van der Waals surface area contributed by atoms with E-state index >= 15 is 0 Å². The highest BCUT2D eigenvalue weighted by molar-refractivity contribution is 7.99. The molecule has 1 aliphatic heterocycles. The molecule has 0 aromatic carbocycles. The standard InChI is InChI=1S/C13H26N2O2S/c1-12(2)11-18-9-3-4-14-5-7-15(8-6-14)13(17)10-16/h12,16H,3-11H2,1-2H3. The van der Waals surface area contributed by atoms with Gasteiger partial charge >= 0.3 is 0 Å². The molecule has 1 N–H and O–H groups in total. The molecule has 1 heterocycles. The van der Waals surface area contributed by atoms with Crippen molar-refractivity contribution in [3.05, 3.63) is 0 Å². The van der Waals surface area contributed by atoms with Gasteiger partial charge in [-0.05, 0) is 30.4 Å². The van der Waals surface area contributed by atoms with Crippen molar-refractivity contribution in [1.29, 1.82) is 0 Å². The molecule has 0 aromatic heterocycles. The zero-order valence-electron chi connectivity index (χ0n) is 11.6. The average molecular weight is 274 g/mol. The Kier molecular flexibility index (Phi) is 7.70. The van der Waals surface area contributed by atoms with Crippen molar-refractivity contribution in [2.75, 3.05) is 50.8 Å². The summed E-state index contributed by atoms with van der Waals surface area (Å²) in [6.45, 7) is 8.70. The Morgan fingerprint density at radius 1 is 1.28 bits per heavy atom. The van der Waals surface area contributed by atoms with Gasteiger partial charge in [0.25, 0.3) is 0 Å². The van der Waals surface area contributed by atoms with E-state index in [0.29, 0.717) is 0 Å². The number of carbonyl (C=O) groups excluding carboxylic acids is 1. The number of aliphatic hydroxyl groups is 1. The Labute approximate surface area is 115 Å². The summed E-state index contributed by atoms with van der Waals surface area (Å²) in [5, 5.41) is 8.79. The van der Waals surface area contributed by atoms with Gasteiger partial charge in [-0.3, -0.25) is 9.69 Å². The van der Waals surface area contributed by atoms with Crippen LogP contribution in [0.25, 0.3) is 0 Å². The molecule has 0 bridgehead atoms. The molecule has 1 saturated heterocycles. The zero-order chi connectivity index (χ0) is 13.4. The summed E-state index contributed by atoms with van der Waals surface area (Å²) in [4.78, 5) is 15.5. The van der Waals surface area contributed by atoms with Crippen LogP contribution in [0.15, 0.2) is 0 Å². The predicted octanol–water partition coefficient (Wildman–Crippen LogP) is 0.902. The molecule has 1 aliphatic rings. The quantitative estimate of drug-likeness (QED) is 0.701. The third-order valence-corrected chi connectivity index (χ3v) is 4.55. The smallest absolute Gasteiger partial charge is 0.248 e. The third-order valence-electron chi connectivity index (χ3n) is 3.07. The maximum atomic E-state index is 11.3. The lowest BCUT2D eigenvalue weighted by Crippen LogP contribution is -2.49. The van der Waals surface area contributed by atoms with Gasteiger partial charge in [-0.25, -0.2) is 0 Å². The van der Waals surface area contributed by atoms with Gasteiger partial charge in [-0.1, -0.05) is 13.8 Å². The lowest BCUT2D eigenvalue weighted by molar-refractivity contribution is -0.135. The van der Waals surface area contributed by atoms with Crippen LogP contribution in [0.2, 0.25) is 0 Å².